The molecule has 2 N–H and O–H groups in total. The molecule has 0 saturated heterocycles. The van der Waals surface area contributed by atoms with Crippen LogP contribution in [0.5, 0.6) is 5.75 Å². The molecule has 39 heavy (non-hydrogen) atoms. The van der Waals surface area contributed by atoms with E-state index in [0.717, 1.165) is 24.2 Å². The van der Waals surface area contributed by atoms with E-state index in [9.17, 15) is 14.7 Å². The summed E-state index contributed by atoms with van der Waals surface area (Å²) in [7, 11) is 1.27. The zero-order valence-electron chi connectivity index (χ0n) is 26.6. The van der Waals surface area contributed by atoms with Crippen LogP contribution in [-0.4, -0.2) is 42.8 Å². The molecule has 0 aliphatic rings. The topological polar surface area (TPSA) is 84.9 Å². The van der Waals surface area contributed by atoms with Crippen molar-refractivity contribution in [2.24, 2.45) is 5.41 Å². The molecule has 0 radical (unpaired) electrons. The number of aliphatic hydroxyl groups excluding tert-OH is 1. The molecule has 1 unspecified atom stereocenters. The molecule has 0 aliphatic carbocycles. The third-order valence-electron chi connectivity index (χ3n) is 7.08. The first-order valence-corrected chi connectivity index (χ1v) is 14.7. The Morgan fingerprint density at radius 1 is 1.03 bits per heavy atom. The summed E-state index contributed by atoms with van der Waals surface area (Å²) in [5, 5.41) is 12.6. The van der Waals surface area contributed by atoms with Gasteiger partial charge in [-0.25, -0.2) is 4.79 Å². The predicted octanol–water partition coefficient (Wildman–Crippen LogP) is 7.28. The van der Waals surface area contributed by atoms with Gasteiger partial charge in [0, 0.05) is 15.2 Å². The van der Waals surface area contributed by atoms with Crippen LogP contribution in [0.2, 0.25) is 0 Å². The average Bonchev–Trinajstić information content (AvgIpc) is 3.23. The van der Waals surface area contributed by atoms with Crippen LogP contribution in [-0.2, 0) is 19.7 Å². The molecule has 1 atom stereocenters. The van der Waals surface area contributed by atoms with E-state index in [-0.39, 0.29) is 10.8 Å². The van der Waals surface area contributed by atoms with E-state index >= 15 is 0 Å². The number of thiophene rings is 1. The van der Waals surface area contributed by atoms with Gasteiger partial charge >= 0.3 is 5.97 Å². The first kappa shape index (κ1) is 36.6. The van der Waals surface area contributed by atoms with Crippen molar-refractivity contribution in [3.8, 4) is 5.75 Å². The van der Waals surface area contributed by atoms with Gasteiger partial charge in [0.15, 0.2) is 0 Å². The van der Waals surface area contributed by atoms with Gasteiger partial charge in [0.05, 0.1) is 13.2 Å². The Morgan fingerprint density at radius 3 is 1.97 bits per heavy atom. The molecule has 0 fully saturated rings. The number of methoxy groups -OCH3 is 1. The van der Waals surface area contributed by atoms with Crippen molar-refractivity contribution >= 4 is 23.7 Å². The zero-order chi connectivity index (χ0) is 30.6. The van der Waals surface area contributed by atoms with Gasteiger partial charge in [0.1, 0.15) is 17.9 Å². The normalized spacial score (nSPS) is 12.3. The highest BCUT2D eigenvalue weighted by Gasteiger charge is 2.33. The van der Waals surface area contributed by atoms with Crippen molar-refractivity contribution in [2.45, 2.75) is 113 Å². The maximum atomic E-state index is 10.8. The quantitative estimate of drug-likeness (QED) is 0.234. The van der Waals surface area contributed by atoms with Crippen LogP contribution in [0.15, 0.2) is 24.3 Å². The first-order chi connectivity index (χ1) is 18.1. The van der Waals surface area contributed by atoms with Gasteiger partial charge in [-0.1, -0.05) is 60.6 Å². The van der Waals surface area contributed by atoms with Crippen molar-refractivity contribution in [1.29, 1.82) is 0 Å². The third kappa shape index (κ3) is 9.95. The maximum absolute atomic E-state index is 10.8. The number of benzene rings is 1. The van der Waals surface area contributed by atoms with Gasteiger partial charge in [0.2, 0.25) is 6.41 Å². The van der Waals surface area contributed by atoms with Crippen LogP contribution in [0.3, 0.4) is 0 Å². The van der Waals surface area contributed by atoms with Gasteiger partial charge < -0.3 is 19.9 Å². The Morgan fingerprint density at radius 2 is 1.59 bits per heavy atom. The number of rotatable bonds is 10. The van der Waals surface area contributed by atoms with E-state index in [1.807, 2.05) is 46.0 Å². The van der Waals surface area contributed by atoms with Gasteiger partial charge in [-0.2, -0.15) is 0 Å². The molecule has 1 aromatic carbocycles. The van der Waals surface area contributed by atoms with Gasteiger partial charge in [-0.05, 0) is 81.7 Å². The lowest BCUT2D eigenvalue weighted by molar-refractivity contribution is -0.148. The lowest BCUT2D eigenvalue weighted by atomic mass is 9.74. The molecule has 1 heterocycles. The summed E-state index contributed by atoms with van der Waals surface area (Å²) in [4.78, 5) is 23.6. The van der Waals surface area contributed by atoms with Crippen LogP contribution in [0.25, 0.3) is 0 Å². The summed E-state index contributed by atoms with van der Waals surface area (Å²) in [6.45, 7) is 24.6. The van der Waals surface area contributed by atoms with Crippen LogP contribution in [0, 0.1) is 26.2 Å². The molecule has 0 saturated carbocycles. The molecule has 0 aliphatic heterocycles. The molecule has 7 heteroatoms. The van der Waals surface area contributed by atoms with Crippen molar-refractivity contribution in [3.05, 3.63) is 50.7 Å². The Labute approximate surface area is 241 Å². The second-order valence-corrected chi connectivity index (χ2v) is 12.4. The maximum Gasteiger partial charge on any atom is 0.330 e. The van der Waals surface area contributed by atoms with Crippen molar-refractivity contribution < 1.29 is 24.2 Å². The van der Waals surface area contributed by atoms with Crippen molar-refractivity contribution in [1.82, 2.24) is 5.32 Å². The third-order valence-corrected chi connectivity index (χ3v) is 8.44. The SMILES string of the molecule is CC.CCC(CC)(c1ccc(OCC(O)C(C)(C)C)c(C)c1)c1cc(C)c(C)s1.COC(=O)C(C)(C)NC=O. The van der Waals surface area contributed by atoms with Crippen LogP contribution in [0.4, 0.5) is 0 Å². The summed E-state index contributed by atoms with van der Waals surface area (Å²) in [6.07, 6.45) is 2.13. The average molecular weight is 564 g/mol. The number of carbonyl (C=O) groups excluding carboxylic acids is 2. The number of aryl methyl sites for hydroxylation is 3. The number of aliphatic hydroxyl groups is 1. The van der Waals surface area contributed by atoms with Gasteiger partial charge in [-0.15, -0.1) is 11.3 Å². The lowest BCUT2D eigenvalue weighted by Gasteiger charge is -2.32. The first-order valence-electron chi connectivity index (χ1n) is 13.9. The minimum absolute atomic E-state index is 0.0535. The van der Waals surface area contributed by atoms with Gasteiger partial charge in [-0.3, -0.25) is 4.79 Å². The monoisotopic (exact) mass is 563 g/mol. The number of hydrogen-bond acceptors (Lipinski definition) is 6. The fourth-order valence-electron chi connectivity index (χ4n) is 3.95. The molecule has 222 valence electrons. The molecule has 2 rings (SSSR count). The molecular weight excluding hydrogens is 510 g/mol. The lowest BCUT2D eigenvalue weighted by Crippen LogP contribution is -2.46. The number of amides is 1. The summed E-state index contributed by atoms with van der Waals surface area (Å²) in [5.41, 5.74) is 2.82. The van der Waals surface area contributed by atoms with Crippen LogP contribution < -0.4 is 10.1 Å². The zero-order valence-corrected chi connectivity index (χ0v) is 27.4. The predicted molar refractivity (Wildman–Crippen MR) is 164 cm³/mol. The van der Waals surface area contributed by atoms with Crippen molar-refractivity contribution in [3.63, 3.8) is 0 Å². The number of ether oxygens (including phenoxy) is 2. The summed E-state index contributed by atoms with van der Waals surface area (Å²) in [6, 6.07) is 8.93. The van der Waals surface area contributed by atoms with Gasteiger partial charge in [0.25, 0.3) is 0 Å². The second kappa shape index (κ2) is 16.0. The Balaban J connectivity index is 0.00000101. The number of esters is 1. The van der Waals surface area contributed by atoms with E-state index < -0.39 is 17.6 Å². The standard InChI is InChI=1S/C24H36O2S.C6H11NO3.C2H6/c1-9-24(10-2,22-14-16(3)18(5)27-22)19-11-12-20(17(4)13-19)26-15-21(25)23(6,7)8;1-6(2,7-4-8)5(9)10-3;1-2/h11-14,21,25H,9-10,15H2,1-8H3;4H,1-3H3,(H,7,8);1-2H3. The highest BCUT2D eigenvalue weighted by atomic mass is 32.1. The van der Waals surface area contributed by atoms with Crippen LogP contribution in [0.1, 0.15) is 102 Å². The second-order valence-electron chi connectivity index (χ2n) is 11.2. The highest BCUT2D eigenvalue weighted by Crippen LogP contribution is 2.44. The van der Waals surface area contributed by atoms with E-state index in [1.54, 1.807) is 13.8 Å². The summed E-state index contributed by atoms with van der Waals surface area (Å²) in [5.74, 6) is 0.404. The smallest absolute Gasteiger partial charge is 0.330 e. The number of hydrogen-bond donors (Lipinski definition) is 2. The minimum Gasteiger partial charge on any atom is -0.491 e. The number of nitrogens with one attached hydrogen (secondary N) is 1. The summed E-state index contributed by atoms with van der Waals surface area (Å²) < 4.78 is 10.3. The fourth-order valence-corrected chi connectivity index (χ4v) is 5.33. The molecular formula is C32H53NO5S. The largest absolute Gasteiger partial charge is 0.491 e. The molecule has 0 bridgehead atoms. The fraction of sp³-hybridized carbons (Fsp3) is 0.625. The van der Waals surface area contributed by atoms with E-state index in [1.165, 1.54) is 28.0 Å². The Bertz CT molecular complexity index is 1010. The number of carbonyl (C=O) groups is 2. The molecule has 1 amide bonds. The van der Waals surface area contributed by atoms with Crippen molar-refractivity contribution in [2.75, 3.05) is 13.7 Å². The van der Waals surface area contributed by atoms with E-state index in [2.05, 4.69) is 68.9 Å². The highest BCUT2D eigenvalue weighted by molar-refractivity contribution is 7.12. The Hall–Kier alpha value is -2.38. The molecule has 2 aromatic rings. The van der Waals surface area contributed by atoms with E-state index in [0.29, 0.717) is 13.0 Å². The Kier molecular flexibility index (Phi) is 15.0. The van der Waals surface area contributed by atoms with E-state index in [4.69, 9.17) is 4.74 Å². The van der Waals surface area contributed by atoms with Crippen LogP contribution >= 0.6 is 11.3 Å². The molecule has 6 nitrogen and oxygen atoms in total. The summed E-state index contributed by atoms with van der Waals surface area (Å²) >= 11 is 1.93. The molecule has 1 aromatic heterocycles. The molecule has 0 spiro atoms. The minimum atomic E-state index is -0.920.